The summed E-state index contributed by atoms with van der Waals surface area (Å²) in [5.41, 5.74) is 3.66. The van der Waals surface area contributed by atoms with Gasteiger partial charge >= 0.3 is 0 Å². The number of methoxy groups -OCH3 is 1. The fourth-order valence-electron chi connectivity index (χ4n) is 2.36. The summed E-state index contributed by atoms with van der Waals surface area (Å²) in [6.07, 6.45) is 0. The third-order valence-electron chi connectivity index (χ3n) is 3.71. The molecule has 2 aromatic carbocycles. The van der Waals surface area contributed by atoms with Crippen molar-refractivity contribution in [3.8, 4) is 5.75 Å². The molecular formula is C20H28IN3O2. The fourth-order valence-corrected chi connectivity index (χ4v) is 2.36. The molecule has 2 aromatic rings. The molecule has 0 unspecified atom stereocenters. The lowest BCUT2D eigenvalue weighted by Crippen LogP contribution is -2.36. The van der Waals surface area contributed by atoms with E-state index in [-0.39, 0.29) is 24.0 Å². The van der Waals surface area contributed by atoms with E-state index in [0.717, 1.165) is 23.8 Å². The molecule has 5 nitrogen and oxygen atoms in total. The van der Waals surface area contributed by atoms with Crippen LogP contribution in [0.4, 0.5) is 0 Å². The van der Waals surface area contributed by atoms with E-state index >= 15 is 0 Å². The maximum Gasteiger partial charge on any atom is 0.191 e. The van der Waals surface area contributed by atoms with Crippen molar-refractivity contribution in [3.05, 3.63) is 65.2 Å². The minimum Gasteiger partial charge on any atom is -0.491 e. The molecule has 0 radical (unpaired) electrons. The Hall–Kier alpha value is -1.80. The Morgan fingerprint density at radius 1 is 0.962 bits per heavy atom. The van der Waals surface area contributed by atoms with Gasteiger partial charge in [0.1, 0.15) is 12.4 Å². The second-order valence-corrected chi connectivity index (χ2v) is 5.75. The van der Waals surface area contributed by atoms with Crippen LogP contribution in [0.25, 0.3) is 0 Å². The minimum absolute atomic E-state index is 0. The Kier molecular flexibility index (Phi) is 10.7. The van der Waals surface area contributed by atoms with Crippen LogP contribution in [-0.4, -0.2) is 33.3 Å². The molecule has 0 bridgehead atoms. The van der Waals surface area contributed by atoms with E-state index in [1.165, 1.54) is 11.1 Å². The van der Waals surface area contributed by atoms with Crippen LogP contribution in [-0.2, 0) is 17.8 Å². The van der Waals surface area contributed by atoms with Crippen molar-refractivity contribution in [2.24, 2.45) is 4.99 Å². The molecule has 0 heterocycles. The predicted molar refractivity (Wildman–Crippen MR) is 117 cm³/mol. The first-order valence-corrected chi connectivity index (χ1v) is 8.42. The van der Waals surface area contributed by atoms with E-state index in [9.17, 15) is 0 Å². The molecule has 6 heteroatoms. The Morgan fingerprint density at radius 3 is 2.27 bits per heavy atom. The second kappa shape index (κ2) is 12.5. The summed E-state index contributed by atoms with van der Waals surface area (Å²) in [6.45, 7) is 4.69. The predicted octanol–water partition coefficient (Wildman–Crippen LogP) is 3.50. The number of aryl methyl sites for hydroxylation is 1. The van der Waals surface area contributed by atoms with Crippen LogP contribution in [0, 0.1) is 6.92 Å². The Labute approximate surface area is 173 Å². The van der Waals surface area contributed by atoms with Gasteiger partial charge in [-0.1, -0.05) is 42.0 Å². The highest BCUT2D eigenvalue weighted by atomic mass is 127. The molecule has 26 heavy (non-hydrogen) atoms. The van der Waals surface area contributed by atoms with Crippen molar-refractivity contribution in [1.82, 2.24) is 10.6 Å². The Morgan fingerprint density at radius 2 is 1.65 bits per heavy atom. The van der Waals surface area contributed by atoms with Crippen molar-refractivity contribution in [3.63, 3.8) is 0 Å². The molecule has 0 aliphatic rings. The monoisotopic (exact) mass is 469 g/mol. The smallest absolute Gasteiger partial charge is 0.191 e. The number of benzene rings is 2. The molecule has 0 atom stereocenters. The molecule has 0 fully saturated rings. The standard InChI is InChI=1S/C20H27N3O2.HI/c1-16-5-4-6-18(13-16)15-23-20(21-2)22-14-17-7-9-19(10-8-17)25-12-11-24-3;/h4-10,13H,11-12,14-15H2,1-3H3,(H2,21,22,23);1H. The molecular weight excluding hydrogens is 441 g/mol. The normalized spacial score (nSPS) is 10.8. The molecule has 0 amide bonds. The molecule has 0 aliphatic heterocycles. The van der Waals surface area contributed by atoms with Gasteiger partial charge in [-0.15, -0.1) is 24.0 Å². The summed E-state index contributed by atoms with van der Waals surface area (Å²) < 4.78 is 10.5. The van der Waals surface area contributed by atoms with Gasteiger partial charge in [-0.25, -0.2) is 0 Å². The van der Waals surface area contributed by atoms with E-state index in [1.807, 2.05) is 24.3 Å². The van der Waals surface area contributed by atoms with Crippen LogP contribution in [0.1, 0.15) is 16.7 Å². The second-order valence-electron chi connectivity index (χ2n) is 5.75. The van der Waals surface area contributed by atoms with Gasteiger partial charge in [-0.3, -0.25) is 4.99 Å². The van der Waals surface area contributed by atoms with Crippen molar-refractivity contribution in [2.45, 2.75) is 20.0 Å². The van der Waals surface area contributed by atoms with E-state index in [4.69, 9.17) is 9.47 Å². The molecule has 0 aromatic heterocycles. The van der Waals surface area contributed by atoms with Gasteiger partial charge < -0.3 is 20.1 Å². The van der Waals surface area contributed by atoms with Crippen molar-refractivity contribution in [1.29, 1.82) is 0 Å². The van der Waals surface area contributed by atoms with Crippen molar-refractivity contribution >= 4 is 29.9 Å². The minimum atomic E-state index is 0. The largest absolute Gasteiger partial charge is 0.491 e. The van der Waals surface area contributed by atoms with E-state index < -0.39 is 0 Å². The average Bonchev–Trinajstić information content (AvgIpc) is 2.63. The number of guanidine groups is 1. The summed E-state index contributed by atoms with van der Waals surface area (Å²) in [5, 5.41) is 6.65. The first kappa shape index (κ1) is 22.2. The maximum absolute atomic E-state index is 5.56. The summed E-state index contributed by atoms with van der Waals surface area (Å²) >= 11 is 0. The first-order chi connectivity index (χ1) is 12.2. The Balaban J connectivity index is 0.00000338. The third kappa shape index (κ3) is 8.05. The number of halogens is 1. The van der Waals surface area contributed by atoms with Crippen LogP contribution in [0.5, 0.6) is 5.75 Å². The van der Waals surface area contributed by atoms with Gasteiger partial charge in [0.2, 0.25) is 0 Å². The topological polar surface area (TPSA) is 54.9 Å². The summed E-state index contributed by atoms with van der Waals surface area (Å²) in [7, 11) is 3.44. The van der Waals surface area contributed by atoms with Crippen LogP contribution >= 0.6 is 24.0 Å². The number of rotatable bonds is 8. The highest BCUT2D eigenvalue weighted by Gasteiger charge is 2.00. The number of nitrogens with zero attached hydrogens (tertiary/aromatic N) is 1. The fraction of sp³-hybridized carbons (Fsp3) is 0.350. The van der Waals surface area contributed by atoms with Gasteiger partial charge in [0.25, 0.3) is 0 Å². The zero-order valence-corrected chi connectivity index (χ0v) is 17.9. The zero-order valence-electron chi connectivity index (χ0n) is 15.6. The van der Waals surface area contributed by atoms with Gasteiger partial charge in [0.15, 0.2) is 5.96 Å². The van der Waals surface area contributed by atoms with Crippen molar-refractivity contribution < 1.29 is 9.47 Å². The zero-order chi connectivity index (χ0) is 17.9. The number of nitrogens with one attached hydrogen (secondary N) is 2. The van der Waals surface area contributed by atoms with E-state index in [0.29, 0.717) is 19.8 Å². The number of ether oxygens (including phenoxy) is 2. The maximum atomic E-state index is 5.56. The average molecular weight is 469 g/mol. The van der Waals surface area contributed by atoms with Crippen LogP contribution in [0.3, 0.4) is 0 Å². The van der Waals surface area contributed by atoms with Gasteiger partial charge in [0.05, 0.1) is 6.61 Å². The van der Waals surface area contributed by atoms with Gasteiger partial charge in [0, 0.05) is 27.2 Å². The lowest BCUT2D eigenvalue weighted by Gasteiger charge is -2.13. The van der Waals surface area contributed by atoms with Gasteiger partial charge in [-0.05, 0) is 30.2 Å². The van der Waals surface area contributed by atoms with Crippen molar-refractivity contribution in [2.75, 3.05) is 27.4 Å². The number of aliphatic imine (C=N–C) groups is 1. The molecule has 0 saturated carbocycles. The highest BCUT2D eigenvalue weighted by Crippen LogP contribution is 2.12. The van der Waals surface area contributed by atoms with Crippen LogP contribution < -0.4 is 15.4 Å². The first-order valence-electron chi connectivity index (χ1n) is 8.42. The quantitative estimate of drug-likeness (QED) is 0.269. The lowest BCUT2D eigenvalue weighted by molar-refractivity contribution is 0.146. The van der Waals surface area contributed by atoms with E-state index in [1.54, 1.807) is 14.2 Å². The van der Waals surface area contributed by atoms with Crippen LogP contribution in [0.2, 0.25) is 0 Å². The SMILES string of the molecule is CN=C(NCc1ccc(OCCOC)cc1)NCc1cccc(C)c1.I. The molecule has 2 rings (SSSR count). The molecule has 0 saturated heterocycles. The Bertz CT molecular complexity index is 675. The lowest BCUT2D eigenvalue weighted by atomic mass is 10.1. The molecule has 2 N–H and O–H groups in total. The highest BCUT2D eigenvalue weighted by molar-refractivity contribution is 14.0. The number of hydrogen-bond acceptors (Lipinski definition) is 3. The van der Waals surface area contributed by atoms with Crippen LogP contribution in [0.15, 0.2) is 53.5 Å². The van der Waals surface area contributed by atoms with E-state index in [2.05, 4.69) is 46.8 Å². The molecule has 0 aliphatic carbocycles. The summed E-state index contributed by atoms with van der Waals surface area (Å²) in [6, 6.07) is 16.5. The summed E-state index contributed by atoms with van der Waals surface area (Å²) in [4.78, 5) is 4.26. The number of hydrogen-bond donors (Lipinski definition) is 2. The molecule has 142 valence electrons. The molecule has 0 spiro atoms. The van der Waals surface area contributed by atoms with Gasteiger partial charge in [-0.2, -0.15) is 0 Å². The summed E-state index contributed by atoms with van der Waals surface area (Å²) in [5.74, 6) is 1.63. The third-order valence-corrected chi connectivity index (χ3v) is 3.71.